The molecule has 1 saturated heterocycles. The molecule has 2 nitrogen and oxygen atoms in total. The lowest BCUT2D eigenvalue weighted by atomic mass is 9.93. The normalized spacial score (nSPS) is 25.1. The minimum absolute atomic E-state index is 0.00167. The van der Waals surface area contributed by atoms with Gasteiger partial charge in [0.15, 0.2) is 0 Å². The molecule has 0 bridgehead atoms. The summed E-state index contributed by atoms with van der Waals surface area (Å²) in [5, 5.41) is 0. The van der Waals surface area contributed by atoms with E-state index < -0.39 is 0 Å². The van der Waals surface area contributed by atoms with Gasteiger partial charge in [-0.05, 0) is 31.8 Å². The molecule has 1 aliphatic heterocycles. The van der Waals surface area contributed by atoms with E-state index in [1.807, 2.05) is 6.92 Å². The summed E-state index contributed by atoms with van der Waals surface area (Å²) in [7, 11) is 0. The molecule has 0 amide bonds. The Morgan fingerprint density at radius 3 is 2.64 bits per heavy atom. The topological polar surface area (TPSA) is 26.3 Å². The molecular formula is C12H20O2. The first-order chi connectivity index (χ1) is 6.70. The lowest BCUT2D eigenvalue weighted by molar-refractivity contribution is -0.140. The summed E-state index contributed by atoms with van der Waals surface area (Å²) in [5.41, 5.74) is 2.68. The summed E-state index contributed by atoms with van der Waals surface area (Å²) in [4.78, 5) is 11.2. The fourth-order valence-electron chi connectivity index (χ4n) is 1.90. The van der Waals surface area contributed by atoms with Crippen LogP contribution < -0.4 is 0 Å². The van der Waals surface area contributed by atoms with Crippen LogP contribution >= 0.6 is 0 Å². The average Bonchev–Trinajstić information content (AvgIpc) is 2.51. The van der Waals surface area contributed by atoms with Crippen LogP contribution in [0.25, 0.3) is 0 Å². The van der Waals surface area contributed by atoms with Crippen LogP contribution in [0, 0.1) is 5.92 Å². The molecule has 80 valence electrons. The van der Waals surface area contributed by atoms with E-state index in [2.05, 4.69) is 13.8 Å². The Hall–Kier alpha value is -0.790. The third-order valence-corrected chi connectivity index (χ3v) is 2.96. The molecule has 1 rings (SSSR count). The molecule has 0 aromatic heterocycles. The fourth-order valence-corrected chi connectivity index (χ4v) is 1.90. The van der Waals surface area contributed by atoms with E-state index in [9.17, 15) is 4.79 Å². The minimum atomic E-state index is -0.0533. The SMILES string of the molecule is CCCCC(CC)=C1COC(=O)C1C. The van der Waals surface area contributed by atoms with Crippen LogP contribution in [0.3, 0.4) is 0 Å². The van der Waals surface area contributed by atoms with Gasteiger partial charge >= 0.3 is 5.97 Å². The summed E-state index contributed by atoms with van der Waals surface area (Å²) in [5.74, 6) is -0.0516. The van der Waals surface area contributed by atoms with Crippen LogP contribution in [0.4, 0.5) is 0 Å². The molecular weight excluding hydrogens is 176 g/mol. The predicted octanol–water partition coefficient (Wildman–Crippen LogP) is 3.08. The van der Waals surface area contributed by atoms with E-state index in [0.717, 1.165) is 12.8 Å². The number of hydrogen-bond donors (Lipinski definition) is 0. The van der Waals surface area contributed by atoms with Crippen molar-refractivity contribution in [3.05, 3.63) is 11.1 Å². The van der Waals surface area contributed by atoms with Crippen molar-refractivity contribution in [1.82, 2.24) is 0 Å². The summed E-state index contributed by atoms with van der Waals surface area (Å²) in [6.07, 6.45) is 4.60. The lowest BCUT2D eigenvalue weighted by Crippen LogP contribution is -2.05. The van der Waals surface area contributed by atoms with Gasteiger partial charge < -0.3 is 4.74 Å². The van der Waals surface area contributed by atoms with Gasteiger partial charge in [0.2, 0.25) is 0 Å². The third-order valence-electron chi connectivity index (χ3n) is 2.96. The molecule has 0 spiro atoms. The maximum Gasteiger partial charge on any atom is 0.313 e. The molecule has 0 N–H and O–H groups in total. The van der Waals surface area contributed by atoms with E-state index in [4.69, 9.17) is 4.74 Å². The van der Waals surface area contributed by atoms with Crippen LogP contribution in [-0.2, 0) is 9.53 Å². The van der Waals surface area contributed by atoms with Gasteiger partial charge in [-0.1, -0.05) is 25.8 Å². The van der Waals surface area contributed by atoms with Crippen molar-refractivity contribution in [3.8, 4) is 0 Å². The highest BCUT2D eigenvalue weighted by molar-refractivity contribution is 5.78. The van der Waals surface area contributed by atoms with Crippen LogP contribution in [-0.4, -0.2) is 12.6 Å². The first-order valence-electron chi connectivity index (χ1n) is 5.58. The number of cyclic esters (lactones) is 1. The number of ether oxygens (including phenoxy) is 1. The number of unbranched alkanes of at least 4 members (excludes halogenated alkanes) is 1. The number of allylic oxidation sites excluding steroid dienone is 1. The van der Waals surface area contributed by atoms with Gasteiger partial charge in [0, 0.05) is 0 Å². The molecule has 0 aromatic carbocycles. The van der Waals surface area contributed by atoms with Gasteiger partial charge in [-0.25, -0.2) is 0 Å². The summed E-state index contributed by atoms with van der Waals surface area (Å²) in [6.45, 7) is 6.84. The van der Waals surface area contributed by atoms with Crippen LogP contribution in [0.15, 0.2) is 11.1 Å². The number of carbonyl (C=O) groups excluding carboxylic acids is 1. The van der Waals surface area contributed by atoms with E-state index in [0.29, 0.717) is 6.61 Å². The Labute approximate surface area is 86.3 Å². The largest absolute Gasteiger partial charge is 0.461 e. The highest BCUT2D eigenvalue weighted by Crippen LogP contribution is 2.28. The minimum Gasteiger partial charge on any atom is -0.461 e. The van der Waals surface area contributed by atoms with Crippen molar-refractivity contribution in [2.24, 2.45) is 5.92 Å². The molecule has 1 unspecified atom stereocenters. The Morgan fingerprint density at radius 2 is 2.21 bits per heavy atom. The van der Waals surface area contributed by atoms with Crippen LogP contribution in [0.1, 0.15) is 46.5 Å². The van der Waals surface area contributed by atoms with Gasteiger partial charge in [0.05, 0.1) is 5.92 Å². The standard InChI is InChI=1S/C12H20O2/c1-4-6-7-10(5-2)11-8-14-12(13)9(11)3/h9H,4-8H2,1-3H3. The fraction of sp³-hybridized carbons (Fsp3) is 0.750. The molecule has 0 aromatic rings. The molecule has 1 fully saturated rings. The molecule has 0 saturated carbocycles. The first-order valence-corrected chi connectivity index (χ1v) is 5.58. The van der Waals surface area contributed by atoms with Crippen molar-refractivity contribution in [1.29, 1.82) is 0 Å². The molecule has 1 aliphatic rings. The number of rotatable bonds is 4. The quantitative estimate of drug-likeness (QED) is 0.510. The number of esters is 1. The van der Waals surface area contributed by atoms with Crippen molar-refractivity contribution < 1.29 is 9.53 Å². The molecule has 0 aliphatic carbocycles. The van der Waals surface area contributed by atoms with Crippen molar-refractivity contribution in [2.45, 2.75) is 46.5 Å². The van der Waals surface area contributed by atoms with Crippen LogP contribution in [0.5, 0.6) is 0 Å². The second kappa shape index (κ2) is 5.18. The Balaban J connectivity index is 2.72. The molecule has 2 heteroatoms. The third kappa shape index (κ3) is 2.37. The summed E-state index contributed by atoms with van der Waals surface area (Å²) in [6, 6.07) is 0. The van der Waals surface area contributed by atoms with Crippen molar-refractivity contribution >= 4 is 5.97 Å². The Bertz CT molecular complexity index is 241. The summed E-state index contributed by atoms with van der Waals surface area (Å²) < 4.78 is 5.04. The molecule has 1 heterocycles. The highest BCUT2D eigenvalue weighted by atomic mass is 16.5. The average molecular weight is 196 g/mol. The van der Waals surface area contributed by atoms with Gasteiger partial charge in [-0.15, -0.1) is 0 Å². The van der Waals surface area contributed by atoms with E-state index >= 15 is 0 Å². The second-order valence-corrected chi connectivity index (χ2v) is 3.92. The van der Waals surface area contributed by atoms with E-state index in [-0.39, 0.29) is 11.9 Å². The maximum absolute atomic E-state index is 11.2. The first kappa shape index (κ1) is 11.3. The molecule has 14 heavy (non-hydrogen) atoms. The maximum atomic E-state index is 11.2. The predicted molar refractivity (Wildman–Crippen MR) is 57.0 cm³/mol. The van der Waals surface area contributed by atoms with Crippen molar-refractivity contribution in [3.63, 3.8) is 0 Å². The molecule has 1 atom stereocenters. The van der Waals surface area contributed by atoms with Gasteiger partial charge in [0.1, 0.15) is 6.61 Å². The van der Waals surface area contributed by atoms with E-state index in [1.54, 1.807) is 0 Å². The smallest absolute Gasteiger partial charge is 0.313 e. The Kier molecular flexibility index (Phi) is 4.18. The van der Waals surface area contributed by atoms with E-state index in [1.165, 1.54) is 24.0 Å². The zero-order valence-electron chi connectivity index (χ0n) is 9.43. The molecule has 0 radical (unpaired) electrons. The monoisotopic (exact) mass is 196 g/mol. The number of hydrogen-bond acceptors (Lipinski definition) is 2. The van der Waals surface area contributed by atoms with Gasteiger partial charge in [-0.2, -0.15) is 0 Å². The second-order valence-electron chi connectivity index (χ2n) is 3.92. The summed E-state index contributed by atoms with van der Waals surface area (Å²) >= 11 is 0. The Morgan fingerprint density at radius 1 is 1.50 bits per heavy atom. The highest BCUT2D eigenvalue weighted by Gasteiger charge is 2.28. The van der Waals surface area contributed by atoms with Crippen LogP contribution in [0.2, 0.25) is 0 Å². The number of carbonyl (C=O) groups is 1. The van der Waals surface area contributed by atoms with Crippen molar-refractivity contribution in [2.75, 3.05) is 6.61 Å². The zero-order valence-corrected chi connectivity index (χ0v) is 9.43. The van der Waals surface area contributed by atoms with Gasteiger partial charge in [0.25, 0.3) is 0 Å². The lowest BCUT2D eigenvalue weighted by Gasteiger charge is -2.09. The van der Waals surface area contributed by atoms with Gasteiger partial charge in [-0.3, -0.25) is 4.79 Å². The zero-order chi connectivity index (χ0) is 10.6.